The van der Waals surface area contributed by atoms with Gasteiger partial charge in [0.15, 0.2) is 5.78 Å². The van der Waals surface area contributed by atoms with Crippen LogP contribution in [0.25, 0.3) is 0 Å². The van der Waals surface area contributed by atoms with E-state index in [1.165, 1.54) is 0 Å². The molecule has 100 valence electrons. The largest absolute Gasteiger partial charge is 0.308 e. The Morgan fingerprint density at radius 3 is 2.24 bits per heavy atom. The third-order valence-corrected chi connectivity index (χ3v) is 4.13. The molecule has 5 nitrogen and oxygen atoms in total. The summed E-state index contributed by atoms with van der Waals surface area (Å²) >= 11 is 0. The highest BCUT2D eigenvalue weighted by Crippen LogP contribution is 2.27. The standard InChI is InChI=1S/C12H26N4O/c1-6-11(14-4)8-9(17)10(13-3)12(7-2,15-5)16-11/h10,13-16H,6-8H2,1-5H3. The second-order valence-corrected chi connectivity index (χ2v) is 4.75. The van der Waals surface area contributed by atoms with Gasteiger partial charge in [-0.25, -0.2) is 0 Å². The van der Waals surface area contributed by atoms with E-state index in [1.54, 1.807) is 0 Å². The predicted molar refractivity (Wildman–Crippen MR) is 69.8 cm³/mol. The first-order valence-electron chi connectivity index (χ1n) is 6.40. The molecule has 17 heavy (non-hydrogen) atoms. The van der Waals surface area contributed by atoms with Crippen LogP contribution in [0, 0.1) is 0 Å². The van der Waals surface area contributed by atoms with Crippen LogP contribution in [0.3, 0.4) is 0 Å². The summed E-state index contributed by atoms with van der Waals surface area (Å²) < 4.78 is 0. The van der Waals surface area contributed by atoms with E-state index in [-0.39, 0.29) is 23.2 Å². The van der Waals surface area contributed by atoms with Crippen molar-refractivity contribution >= 4 is 5.78 Å². The van der Waals surface area contributed by atoms with E-state index < -0.39 is 0 Å². The lowest BCUT2D eigenvalue weighted by molar-refractivity contribution is -0.130. The molecule has 0 spiro atoms. The number of hydrogen-bond donors (Lipinski definition) is 4. The molecule has 3 atom stereocenters. The lowest BCUT2D eigenvalue weighted by Gasteiger charge is -2.52. The quantitative estimate of drug-likeness (QED) is 0.537. The zero-order chi connectivity index (χ0) is 13.1. The fourth-order valence-electron chi connectivity index (χ4n) is 2.84. The maximum atomic E-state index is 12.3. The number of hydrogen-bond acceptors (Lipinski definition) is 5. The second kappa shape index (κ2) is 5.44. The lowest BCUT2D eigenvalue weighted by Crippen LogP contribution is -2.80. The van der Waals surface area contributed by atoms with Gasteiger partial charge in [-0.3, -0.25) is 10.1 Å². The molecule has 1 fully saturated rings. The topological polar surface area (TPSA) is 65.2 Å². The third-order valence-electron chi connectivity index (χ3n) is 4.13. The molecule has 0 aromatic rings. The van der Waals surface area contributed by atoms with E-state index in [1.807, 2.05) is 21.1 Å². The van der Waals surface area contributed by atoms with Crippen molar-refractivity contribution in [1.29, 1.82) is 0 Å². The monoisotopic (exact) mass is 242 g/mol. The molecule has 4 N–H and O–H groups in total. The zero-order valence-corrected chi connectivity index (χ0v) is 11.6. The zero-order valence-electron chi connectivity index (χ0n) is 11.6. The summed E-state index contributed by atoms with van der Waals surface area (Å²) in [4.78, 5) is 12.3. The molecule has 0 bridgehead atoms. The van der Waals surface area contributed by atoms with Crippen LogP contribution >= 0.6 is 0 Å². The van der Waals surface area contributed by atoms with Crippen LogP contribution in [-0.2, 0) is 4.79 Å². The smallest absolute Gasteiger partial charge is 0.156 e. The summed E-state index contributed by atoms with van der Waals surface area (Å²) in [6.45, 7) is 4.18. The highest BCUT2D eigenvalue weighted by Gasteiger charge is 2.50. The highest BCUT2D eigenvalue weighted by molar-refractivity contribution is 5.87. The van der Waals surface area contributed by atoms with Crippen LogP contribution in [0.1, 0.15) is 33.1 Å². The first kappa shape index (κ1) is 14.6. The Kier molecular flexibility index (Phi) is 4.66. The van der Waals surface area contributed by atoms with Crippen LogP contribution in [-0.4, -0.2) is 44.3 Å². The van der Waals surface area contributed by atoms with Crippen LogP contribution in [0.5, 0.6) is 0 Å². The van der Waals surface area contributed by atoms with E-state index in [0.29, 0.717) is 6.42 Å². The molecular formula is C12H26N4O. The average Bonchev–Trinajstić information content (AvgIpc) is 2.37. The molecule has 0 radical (unpaired) electrons. The molecular weight excluding hydrogens is 216 g/mol. The maximum absolute atomic E-state index is 12.3. The van der Waals surface area contributed by atoms with E-state index in [9.17, 15) is 4.79 Å². The first-order valence-corrected chi connectivity index (χ1v) is 6.40. The number of carbonyl (C=O) groups excluding carboxylic acids is 1. The van der Waals surface area contributed by atoms with Crippen molar-refractivity contribution in [3.63, 3.8) is 0 Å². The van der Waals surface area contributed by atoms with Crippen LogP contribution in [0.4, 0.5) is 0 Å². The Balaban J connectivity index is 3.10. The van der Waals surface area contributed by atoms with Crippen molar-refractivity contribution in [3.8, 4) is 0 Å². The van der Waals surface area contributed by atoms with Crippen molar-refractivity contribution in [2.45, 2.75) is 50.5 Å². The van der Waals surface area contributed by atoms with Gasteiger partial charge in [-0.05, 0) is 34.0 Å². The summed E-state index contributed by atoms with van der Waals surface area (Å²) in [6, 6.07) is -0.189. The fraction of sp³-hybridized carbons (Fsp3) is 0.917. The van der Waals surface area contributed by atoms with Gasteiger partial charge in [-0.1, -0.05) is 13.8 Å². The van der Waals surface area contributed by atoms with Crippen molar-refractivity contribution in [2.75, 3.05) is 21.1 Å². The minimum absolute atomic E-state index is 0.189. The van der Waals surface area contributed by atoms with Gasteiger partial charge in [0.2, 0.25) is 0 Å². The van der Waals surface area contributed by atoms with Gasteiger partial charge < -0.3 is 16.0 Å². The molecule has 1 aliphatic heterocycles. The second-order valence-electron chi connectivity index (χ2n) is 4.75. The van der Waals surface area contributed by atoms with Crippen molar-refractivity contribution in [3.05, 3.63) is 0 Å². The Bertz CT molecular complexity index is 272. The van der Waals surface area contributed by atoms with Crippen molar-refractivity contribution < 1.29 is 4.79 Å². The molecule has 0 aromatic heterocycles. The SMILES string of the molecule is CCC1(NC)CC(=O)C(NC)C(CC)(NC)N1. The lowest BCUT2D eigenvalue weighted by atomic mass is 9.81. The number of likely N-dealkylation sites (N-methyl/N-ethyl adjacent to an activating group) is 2. The molecule has 1 rings (SSSR count). The Morgan fingerprint density at radius 1 is 1.24 bits per heavy atom. The number of piperidine rings is 1. The average molecular weight is 242 g/mol. The van der Waals surface area contributed by atoms with Crippen molar-refractivity contribution in [1.82, 2.24) is 21.3 Å². The Hall–Kier alpha value is -0.490. The third kappa shape index (κ3) is 2.38. The normalized spacial score (nSPS) is 38.4. The van der Waals surface area contributed by atoms with Gasteiger partial charge in [-0.15, -0.1) is 0 Å². The van der Waals surface area contributed by atoms with Crippen LogP contribution in [0.15, 0.2) is 0 Å². The van der Waals surface area contributed by atoms with Gasteiger partial charge in [-0.2, -0.15) is 0 Å². The summed E-state index contributed by atoms with van der Waals surface area (Å²) in [5.74, 6) is 0.249. The highest BCUT2D eigenvalue weighted by atomic mass is 16.1. The Labute approximate surface area is 104 Å². The molecule has 1 heterocycles. The summed E-state index contributed by atoms with van der Waals surface area (Å²) in [5, 5.41) is 13.3. The predicted octanol–water partition coefficient (Wildman–Crippen LogP) is -0.212. The molecule has 0 aliphatic carbocycles. The minimum atomic E-state index is -0.386. The summed E-state index contributed by atoms with van der Waals surface area (Å²) in [6.07, 6.45) is 2.22. The van der Waals surface area contributed by atoms with E-state index in [4.69, 9.17) is 0 Å². The number of rotatable bonds is 5. The van der Waals surface area contributed by atoms with Gasteiger partial charge >= 0.3 is 0 Å². The number of carbonyl (C=O) groups is 1. The first-order chi connectivity index (χ1) is 8.03. The minimum Gasteiger partial charge on any atom is -0.308 e. The van der Waals surface area contributed by atoms with E-state index >= 15 is 0 Å². The maximum Gasteiger partial charge on any atom is 0.156 e. The molecule has 0 aromatic carbocycles. The van der Waals surface area contributed by atoms with Crippen LogP contribution in [0.2, 0.25) is 0 Å². The van der Waals surface area contributed by atoms with Crippen molar-refractivity contribution in [2.24, 2.45) is 0 Å². The molecule has 1 aliphatic rings. The van der Waals surface area contributed by atoms with Gasteiger partial charge in [0.05, 0.1) is 17.4 Å². The van der Waals surface area contributed by atoms with E-state index in [0.717, 1.165) is 12.8 Å². The summed E-state index contributed by atoms with van der Waals surface area (Å²) in [5.41, 5.74) is -0.688. The van der Waals surface area contributed by atoms with Gasteiger partial charge in [0, 0.05) is 6.42 Å². The number of Topliss-reactive ketones (excluding diaryl/α,β-unsaturated/α-hetero) is 1. The van der Waals surface area contributed by atoms with Gasteiger partial charge in [0.25, 0.3) is 0 Å². The molecule has 3 unspecified atom stereocenters. The molecule has 1 saturated heterocycles. The molecule has 5 heteroatoms. The van der Waals surface area contributed by atoms with Crippen LogP contribution < -0.4 is 21.3 Å². The fourth-order valence-corrected chi connectivity index (χ4v) is 2.84. The van der Waals surface area contributed by atoms with Gasteiger partial charge in [0.1, 0.15) is 0 Å². The molecule has 0 saturated carbocycles. The molecule has 0 amide bonds. The number of ketones is 1. The summed E-state index contributed by atoms with van der Waals surface area (Å²) in [7, 11) is 5.64. The number of nitrogens with one attached hydrogen (secondary N) is 4. The van der Waals surface area contributed by atoms with E-state index in [2.05, 4.69) is 35.1 Å². The Morgan fingerprint density at radius 2 is 1.88 bits per heavy atom.